The number of piperazine rings is 1. The zero-order chi connectivity index (χ0) is 19.3. The molecular weight excluding hydrogens is 357 g/mol. The van der Waals surface area contributed by atoms with E-state index in [2.05, 4.69) is 20.1 Å². The van der Waals surface area contributed by atoms with Gasteiger partial charge in [-0.05, 0) is 31.1 Å². The van der Waals surface area contributed by atoms with Crippen molar-refractivity contribution in [3.05, 3.63) is 0 Å². The lowest BCUT2D eigenvalue weighted by molar-refractivity contribution is -0.195. The van der Waals surface area contributed by atoms with Crippen LogP contribution >= 0.6 is 0 Å². The van der Waals surface area contributed by atoms with E-state index >= 15 is 0 Å². The van der Waals surface area contributed by atoms with Gasteiger partial charge in [0.15, 0.2) is 5.96 Å². The first-order valence-corrected chi connectivity index (χ1v) is 10.3. The lowest BCUT2D eigenvalue weighted by Crippen LogP contribution is -2.54. The predicted octanol–water partition coefficient (Wildman–Crippen LogP) is 2.58. The molecule has 1 aliphatic carbocycles. The van der Waals surface area contributed by atoms with Crippen molar-refractivity contribution in [2.75, 3.05) is 59.5 Å². The predicted molar refractivity (Wildman–Crippen MR) is 99.8 cm³/mol. The van der Waals surface area contributed by atoms with Gasteiger partial charge in [-0.2, -0.15) is 13.2 Å². The van der Waals surface area contributed by atoms with Crippen LogP contribution in [0, 0.1) is 17.8 Å². The van der Waals surface area contributed by atoms with Crippen LogP contribution in [0.5, 0.6) is 0 Å². The van der Waals surface area contributed by atoms with Crippen LogP contribution in [0.3, 0.4) is 0 Å². The standard InChI is InChI=1S/C19H33F3N4O/c1-23-18(24-12-16-4-2-3-5-17(16)19(20,21)22)26-9-7-25(8-10-26)13-15-6-11-27-14-15/h15-17H,2-14H2,1H3,(H,23,24). The number of alkyl halides is 3. The number of guanidine groups is 1. The number of hydrogen-bond acceptors (Lipinski definition) is 3. The molecule has 0 aromatic heterocycles. The zero-order valence-electron chi connectivity index (χ0n) is 16.3. The summed E-state index contributed by atoms with van der Waals surface area (Å²) in [4.78, 5) is 8.96. The number of nitrogens with one attached hydrogen (secondary N) is 1. The van der Waals surface area contributed by atoms with Crippen molar-refractivity contribution >= 4 is 5.96 Å². The van der Waals surface area contributed by atoms with Gasteiger partial charge in [-0.15, -0.1) is 0 Å². The van der Waals surface area contributed by atoms with Gasteiger partial charge in [0, 0.05) is 52.9 Å². The van der Waals surface area contributed by atoms with E-state index in [9.17, 15) is 13.2 Å². The Labute approximate surface area is 160 Å². The summed E-state index contributed by atoms with van der Waals surface area (Å²) in [6.07, 6.45) is -0.467. The largest absolute Gasteiger partial charge is 0.392 e. The molecule has 3 fully saturated rings. The highest BCUT2D eigenvalue weighted by atomic mass is 19.4. The molecule has 1 N–H and O–H groups in total. The number of hydrogen-bond donors (Lipinski definition) is 1. The molecule has 2 heterocycles. The second-order valence-electron chi connectivity index (χ2n) is 8.14. The highest BCUT2D eigenvalue weighted by molar-refractivity contribution is 5.80. The third-order valence-electron chi connectivity index (χ3n) is 6.28. The number of rotatable bonds is 4. The number of aliphatic imine (C=N–C) groups is 1. The summed E-state index contributed by atoms with van der Waals surface area (Å²) in [7, 11) is 1.71. The van der Waals surface area contributed by atoms with Crippen molar-refractivity contribution in [1.29, 1.82) is 0 Å². The Balaban J connectivity index is 1.45. The normalized spacial score (nSPS) is 31.3. The van der Waals surface area contributed by atoms with Gasteiger partial charge in [-0.3, -0.25) is 9.89 Å². The average Bonchev–Trinajstić information content (AvgIpc) is 3.16. The second-order valence-corrected chi connectivity index (χ2v) is 8.14. The smallest absolute Gasteiger partial charge is 0.381 e. The first-order valence-electron chi connectivity index (χ1n) is 10.3. The van der Waals surface area contributed by atoms with Gasteiger partial charge >= 0.3 is 6.18 Å². The molecule has 0 aromatic carbocycles. The van der Waals surface area contributed by atoms with E-state index in [-0.39, 0.29) is 12.3 Å². The maximum Gasteiger partial charge on any atom is 0.392 e. The molecule has 3 atom stereocenters. The molecule has 0 aromatic rings. The minimum Gasteiger partial charge on any atom is -0.381 e. The molecule has 0 bridgehead atoms. The number of ether oxygens (including phenoxy) is 1. The van der Waals surface area contributed by atoms with Gasteiger partial charge in [0.2, 0.25) is 0 Å². The topological polar surface area (TPSA) is 40.1 Å². The number of halogens is 3. The van der Waals surface area contributed by atoms with E-state index in [0.717, 1.165) is 64.7 Å². The molecule has 27 heavy (non-hydrogen) atoms. The fraction of sp³-hybridized carbons (Fsp3) is 0.947. The van der Waals surface area contributed by atoms with Crippen molar-refractivity contribution in [3.8, 4) is 0 Å². The zero-order valence-corrected chi connectivity index (χ0v) is 16.3. The van der Waals surface area contributed by atoms with E-state index < -0.39 is 12.1 Å². The third-order valence-corrected chi connectivity index (χ3v) is 6.28. The van der Waals surface area contributed by atoms with Gasteiger partial charge < -0.3 is 15.0 Å². The van der Waals surface area contributed by atoms with Crippen LogP contribution in [0.1, 0.15) is 32.1 Å². The molecule has 0 radical (unpaired) electrons. The van der Waals surface area contributed by atoms with Gasteiger partial charge in [0.25, 0.3) is 0 Å². The Kier molecular flexibility index (Phi) is 7.25. The Morgan fingerprint density at radius 2 is 1.85 bits per heavy atom. The SMILES string of the molecule is CN=C(NCC1CCCCC1C(F)(F)F)N1CCN(CC2CCOC2)CC1. The van der Waals surface area contributed by atoms with Gasteiger partial charge in [0.05, 0.1) is 12.5 Å². The summed E-state index contributed by atoms with van der Waals surface area (Å²) in [6.45, 7) is 6.83. The van der Waals surface area contributed by atoms with Crippen LogP contribution in [0.2, 0.25) is 0 Å². The van der Waals surface area contributed by atoms with Gasteiger partial charge in [0.1, 0.15) is 0 Å². The van der Waals surface area contributed by atoms with Crippen molar-refractivity contribution in [2.45, 2.75) is 38.3 Å². The molecule has 156 valence electrons. The van der Waals surface area contributed by atoms with Gasteiger partial charge in [-0.25, -0.2) is 0 Å². The molecule has 5 nitrogen and oxygen atoms in total. The molecule has 3 unspecified atom stereocenters. The van der Waals surface area contributed by atoms with E-state index in [4.69, 9.17) is 4.74 Å². The van der Waals surface area contributed by atoms with Crippen molar-refractivity contribution in [3.63, 3.8) is 0 Å². The van der Waals surface area contributed by atoms with E-state index in [1.807, 2.05) is 0 Å². The van der Waals surface area contributed by atoms with Gasteiger partial charge in [-0.1, -0.05) is 12.8 Å². The minimum absolute atomic E-state index is 0.262. The third kappa shape index (κ3) is 5.73. The summed E-state index contributed by atoms with van der Waals surface area (Å²) in [5, 5.41) is 3.24. The number of nitrogens with zero attached hydrogens (tertiary/aromatic N) is 3. The monoisotopic (exact) mass is 390 g/mol. The molecule has 2 saturated heterocycles. The van der Waals surface area contributed by atoms with Crippen LogP contribution in [0.25, 0.3) is 0 Å². The molecular formula is C19H33F3N4O. The van der Waals surface area contributed by atoms with E-state index in [1.54, 1.807) is 7.05 Å². The second kappa shape index (κ2) is 9.45. The van der Waals surface area contributed by atoms with Crippen LogP contribution in [0.4, 0.5) is 13.2 Å². The van der Waals surface area contributed by atoms with E-state index in [0.29, 0.717) is 25.3 Å². The highest BCUT2D eigenvalue weighted by Gasteiger charge is 2.45. The summed E-state index contributed by atoms with van der Waals surface area (Å²) in [5.41, 5.74) is 0. The summed E-state index contributed by atoms with van der Waals surface area (Å²) >= 11 is 0. The molecule has 3 aliphatic rings. The van der Waals surface area contributed by atoms with E-state index in [1.165, 1.54) is 0 Å². The molecule has 2 aliphatic heterocycles. The Morgan fingerprint density at radius 3 is 2.48 bits per heavy atom. The molecule has 0 amide bonds. The summed E-state index contributed by atoms with van der Waals surface area (Å²) in [5.74, 6) is -0.147. The summed E-state index contributed by atoms with van der Waals surface area (Å²) < 4.78 is 45.3. The fourth-order valence-corrected chi connectivity index (χ4v) is 4.67. The first kappa shape index (κ1) is 20.7. The van der Waals surface area contributed by atoms with Crippen molar-refractivity contribution < 1.29 is 17.9 Å². The first-order chi connectivity index (χ1) is 13.0. The Bertz CT molecular complexity index is 486. The lowest BCUT2D eigenvalue weighted by atomic mass is 9.79. The quantitative estimate of drug-likeness (QED) is 0.592. The van der Waals surface area contributed by atoms with Crippen LogP contribution in [-0.2, 0) is 4.74 Å². The minimum atomic E-state index is -4.09. The van der Waals surface area contributed by atoms with Crippen LogP contribution in [0.15, 0.2) is 4.99 Å². The maximum atomic E-state index is 13.3. The van der Waals surface area contributed by atoms with Crippen LogP contribution < -0.4 is 5.32 Å². The van der Waals surface area contributed by atoms with Crippen molar-refractivity contribution in [2.24, 2.45) is 22.7 Å². The van der Waals surface area contributed by atoms with Crippen LogP contribution in [-0.4, -0.2) is 81.5 Å². The van der Waals surface area contributed by atoms with Crippen molar-refractivity contribution in [1.82, 2.24) is 15.1 Å². The summed E-state index contributed by atoms with van der Waals surface area (Å²) in [6, 6.07) is 0. The molecule has 3 rings (SSSR count). The highest BCUT2D eigenvalue weighted by Crippen LogP contribution is 2.41. The Morgan fingerprint density at radius 1 is 1.11 bits per heavy atom. The molecule has 1 saturated carbocycles. The average molecular weight is 390 g/mol. The maximum absolute atomic E-state index is 13.3. The Hall–Kier alpha value is -1.02. The fourth-order valence-electron chi connectivity index (χ4n) is 4.67. The molecule has 8 heteroatoms. The lowest BCUT2D eigenvalue weighted by Gasteiger charge is -2.38. The molecule has 0 spiro atoms.